The first-order valence-electron chi connectivity index (χ1n) is 6.52. The Balaban J connectivity index is 2.07. The number of rotatable bonds is 3. The lowest BCUT2D eigenvalue weighted by molar-refractivity contribution is 0.204. The van der Waals surface area contributed by atoms with E-state index in [1.165, 1.54) is 0 Å². The van der Waals surface area contributed by atoms with E-state index in [1.54, 1.807) is 0 Å². The van der Waals surface area contributed by atoms with E-state index in [0.717, 1.165) is 56.3 Å². The SMILES string of the molecule is Cc1ccc(N)c(N2CCCN(CCO)CC2)n1. The average Bonchev–Trinajstić information content (AvgIpc) is 2.58. The van der Waals surface area contributed by atoms with E-state index in [0.29, 0.717) is 0 Å². The van der Waals surface area contributed by atoms with E-state index < -0.39 is 0 Å². The second-order valence-electron chi connectivity index (χ2n) is 4.77. The highest BCUT2D eigenvalue weighted by molar-refractivity contribution is 5.62. The van der Waals surface area contributed by atoms with Crippen LogP contribution in [0.3, 0.4) is 0 Å². The van der Waals surface area contributed by atoms with Crippen LogP contribution in [0.1, 0.15) is 12.1 Å². The highest BCUT2D eigenvalue weighted by Crippen LogP contribution is 2.21. The maximum Gasteiger partial charge on any atom is 0.152 e. The van der Waals surface area contributed by atoms with E-state index in [1.807, 2.05) is 19.1 Å². The predicted octanol–water partition coefficient (Wildman–Crippen LogP) is 0.477. The number of aliphatic hydroxyl groups excluding tert-OH is 1. The topological polar surface area (TPSA) is 65.6 Å². The summed E-state index contributed by atoms with van der Waals surface area (Å²) in [7, 11) is 0. The Kier molecular flexibility index (Phi) is 4.38. The zero-order chi connectivity index (χ0) is 13.0. The molecule has 1 aliphatic heterocycles. The van der Waals surface area contributed by atoms with Gasteiger partial charge in [-0.25, -0.2) is 4.98 Å². The fourth-order valence-electron chi connectivity index (χ4n) is 2.35. The number of hydrogen-bond donors (Lipinski definition) is 2. The molecule has 1 aliphatic rings. The highest BCUT2D eigenvalue weighted by atomic mass is 16.3. The molecule has 0 spiro atoms. The van der Waals surface area contributed by atoms with Gasteiger partial charge in [-0.2, -0.15) is 0 Å². The summed E-state index contributed by atoms with van der Waals surface area (Å²) in [6.45, 7) is 6.84. The molecule has 18 heavy (non-hydrogen) atoms. The summed E-state index contributed by atoms with van der Waals surface area (Å²) in [4.78, 5) is 9.08. The summed E-state index contributed by atoms with van der Waals surface area (Å²) in [5, 5.41) is 8.99. The Labute approximate surface area is 108 Å². The largest absolute Gasteiger partial charge is 0.396 e. The molecule has 1 saturated heterocycles. The van der Waals surface area contributed by atoms with Crippen LogP contribution in [-0.4, -0.2) is 54.3 Å². The Morgan fingerprint density at radius 2 is 2.11 bits per heavy atom. The van der Waals surface area contributed by atoms with Crippen molar-refractivity contribution in [1.29, 1.82) is 0 Å². The standard InChI is InChI=1S/C13H22N4O/c1-11-3-4-12(14)13(15-11)17-6-2-5-16(7-8-17)9-10-18/h3-4,18H,2,5-10,14H2,1H3. The van der Waals surface area contributed by atoms with Crippen LogP contribution >= 0.6 is 0 Å². The zero-order valence-electron chi connectivity index (χ0n) is 11.0. The summed E-state index contributed by atoms with van der Waals surface area (Å²) >= 11 is 0. The third-order valence-corrected chi connectivity index (χ3v) is 3.35. The van der Waals surface area contributed by atoms with Gasteiger partial charge in [0.1, 0.15) is 0 Å². The minimum Gasteiger partial charge on any atom is -0.396 e. The maximum atomic E-state index is 8.99. The smallest absolute Gasteiger partial charge is 0.152 e. The van der Waals surface area contributed by atoms with Crippen molar-refractivity contribution in [2.45, 2.75) is 13.3 Å². The van der Waals surface area contributed by atoms with Crippen molar-refractivity contribution in [3.63, 3.8) is 0 Å². The molecular formula is C13H22N4O. The fraction of sp³-hybridized carbons (Fsp3) is 0.615. The van der Waals surface area contributed by atoms with Gasteiger partial charge in [-0.05, 0) is 32.0 Å². The number of pyridine rings is 1. The third-order valence-electron chi connectivity index (χ3n) is 3.35. The number of hydrogen-bond acceptors (Lipinski definition) is 5. The number of nitrogens with two attached hydrogens (primary N) is 1. The molecule has 1 aromatic heterocycles. The minimum absolute atomic E-state index is 0.227. The number of aryl methyl sites for hydroxylation is 1. The van der Waals surface area contributed by atoms with Gasteiger partial charge < -0.3 is 15.7 Å². The lowest BCUT2D eigenvalue weighted by Crippen LogP contribution is -2.33. The molecule has 1 aromatic rings. The van der Waals surface area contributed by atoms with Crippen molar-refractivity contribution in [1.82, 2.24) is 9.88 Å². The van der Waals surface area contributed by atoms with Gasteiger partial charge >= 0.3 is 0 Å². The van der Waals surface area contributed by atoms with Crippen molar-refractivity contribution in [3.8, 4) is 0 Å². The van der Waals surface area contributed by atoms with Crippen molar-refractivity contribution >= 4 is 11.5 Å². The molecular weight excluding hydrogens is 228 g/mol. The lowest BCUT2D eigenvalue weighted by atomic mass is 10.3. The number of β-amino-alcohol motifs (C(OH)–C–C–N with tert-alkyl or cyclic N) is 1. The predicted molar refractivity (Wildman–Crippen MR) is 73.7 cm³/mol. The first-order valence-corrected chi connectivity index (χ1v) is 6.52. The van der Waals surface area contributed by atoms with Crippen molar-refractivity contribution in [2.24, 2.45) is 0 Å². The summed E-state index contributed by atoms with van der Waals surface area (Å²) in [6, 6.07) is 3.86. The Morgan fingerprint density at radius 1 is 1.28 bits per heavy atom. The molecule has 3 N–H and O–H groups in total. The molecule has 0 atom stereocenters. The van der Waals surface area contributed by atoms with Crippen molar-refractivity contribution in [2.75, 3.05) is 50.0 Å². The molecule has 5 nitrogen and oxygen atoms in total. The van der Waals surface area contributed by atoms with Gasteiger partial charge in [0.05, 0.1) is 12.3 Å². The van der Waals surface area contributed by atoms with E-state index in [2.05, 4.69) is 14.8 Å². The second-order valence-corrected chi connectivity index (χ2v) is 4.77. The van der Waals surface area contributed by atoms with Crippen LogP contribution in [0.15, 0.2) is 12.1 Å². The van der Waals surface area contributed by atoms with Crippen LogP contribution in [0.4, 0.5) is 11.5 Å². The van der Waals surface area contributed by atoms with Crippen molar-refractivity contribution < 1.29 is 5.11 Å². The first kappa shape index (κ1) is 13.1. The summed E-state index contributed by atoms with van der Waals surface area (Å²) < 4.78 is 0. The van der Waals surface area contributed by atoms with Gasteiger partial charge in [-0.3, -0.25) is 4.90 Å². The Bertz CT molecular complexity index is 397. The number of nitrogens with zero attached hydrogens (tertiary/aromatic N) is 3. The van der Waals surface area contributed by atoms with Gasteiger partial charge in [0, 0.05) is 31.9 Å². The third kappa shape index (κ3) is 3.11. The molecule has 5 heteroatoms. The molecule has 0 aromatic carbocycles. The molecule has 0 aliphatic carbocycles. The molecule has 2 heterocycles. The molecule has 0 unspecified atom stereocenters. The summed E-state index contributed by atoms with van der Waals surface area (Å²) in [5.74, 6) is 0.904. The number of nitrogen functional groups attached to an aromatic ring is 1. The molecule has 2 rings (SSSR count). The van der Waals surface area contributed by atoms with Crippen LogP contribution in [-0.2, 0) is 0 Å². The number of aromatic nitrogens is 1. The fourth-order valence-corrected chi connectivity index (χ4v) is 2.35. The van der Waals surface area contributed by atoms with Crippen LogP contribution in [0, 0.1) is 6.92 Å². The van der Waals surface area contributed by atoms with Crippen LogP contribution in [0.2, 0.25) is 0 Å². The molecule has 100 valence electrons. The highest BCUT2D eigenvalue weighted by Gasteiger charge is 2.17. The summed E-state index contributed by atoms with van der Waals surface area (Å²) in [6.07, 6.45) is 1.08. The first-order chi connectivity index (χ1) is 8.70. The minimum atomic E-state index is 0.227. The van der Waals surface area contributed by atoms with Gasteiger partial charge in [0.2, 0.25) is 0 Å². The van der Waals surface area contributed by atoms with Crippen LogP contribution < -0.4 is 10.6 Å². The molecule has 0 radical (unpaired) electrons. The van der Waals surface area contributed by atoms with Gasteiger partial charge in [0.25, 0.3) is 0 Å². The Hall–Kier alpha value is -1.33. The van der Waals surface area contributed by atoms with Crippen LogP contribution in [0.25, 0.3) is 0 Å². The van der Waals surface area contributed by atoms with Gasteiger partial charge in [-0.15, -0.1) is 0 Å². The van der Waals surface area contributed by atoms with Gasteiger partial charge in [0.15, 0.2) is 5.82 Å². The Morgan fingerprint density at radius 3 is 2.89 bits per heavy atom. The van der Waals surface area contributed by atoms with Crippen LogP contribution in [0.5, 0.6) is 0 Å². The van der Waals surface area contributed by atoms with E-state index in [4.69, 9.17) is 10.8 Å². The lowest BCUT2D eigenvalue weighted by Gasteiger charge is -2.23. The van der Waals surface area contributed by atoms with Crippen molar-refractivity contribution in [3.05, 3.63) is 17.8 Å². The van der Waals surface area contributed by atoms with E-state index >= 15 is 0 Å². The molecule has 0 amide bonds. The number of anilines is 2. The second kappa shape index (κ2) is 6.02. The van der Waals surface area contributed by atoms with E-state index in [-0.39, 0.29) is 6.61 Å². The molecule has 1 fully saturated rings. The zero-order valence-corrected chi connectivity index (χ0v) is 11.0. The van der Waals surface area contributed by atoms with E-state index in [9.17, 15) is 0 Å². The summed E-state index contributed by atoms with van der Waals surface area (Å²) in [5.41, 5.74) is 7.75. The average molecular weight is 250 g/mol. The van der Waals surface area contributed by atoms with Gasteiger partial charge in [-0.1, -0.05) is 0 Å². The molecule has 0 bridgehead atoms. The monoisotopic (exact) mass is 250 g/mol. The quantitative estimate of drug-likeness (QED) is 0.816. The number of aliphatic hydroxyl groups is 1. The molecule has 0 saturated carbocycles. The normalized spacial score (nSPS) is 17.8. The maximum absolute atomic E-state index is 8.99.